The molecule has 1 atom stereocenters. The second kappa shape index (κ2) is 4.89. The van der Waals surface area contributed by atoms with Gasteiger partial charge in [0.15, 0.2) is 5.50 Å². The number of halogens is 1. The van der Waals surface area contributed by atoms with Crippen LogP contribution in [0.1, 0.15) is 0 Å². The van der Waals surface area contributed by atoms with E-state index in [0.29, 0.717) is 5.75 Å². The van der Waals surface area contributed by atoms with Crippen molar-refractivity contribution in [3.8, 4) is 5.75 Å². The van der Waals surface area contributed by atoms with Crippen molar-refractivity contribution in [1.82, 2.24) is 0 Å². The first-order chi connectivity index (χ1) is 7.07. The van der Waals surface area contributed by atoms with E-state index in [9.17, 15) is 4.79 Å². The Bertz CT molecular complexity index is 357. The highest BCUT2D eigenvalue weighted by atomic mass is 35.5. The summed E-state index contributed by atoms with van der Waals surface area (Å²) >= 11 is 5.83. The Morgan fingerprint density at radius 3 is 2.67 bits per heavy atom. The van der Waals surface area contributed by atoms with Gasteiger partial charge in [0.25, 0.3) is 5.91 Å². The molecule has 0 saturated carbocycles. The van der Waals surface area contributed by atoms with Gasteiger partial charge in [0.1, 0.15) is 5.75 Å². The first-order valence-electron chi connectivity index (χ1n) is 4.37. The minimum Gasteiger partial charge on any atom is -0.495 e. The van der Waals surface area contributed by atoms with Gasteiger partial charge in [0, 0.05) is 7.05 Å². The van der Waals surface area contributed by atoms with Crippen LogP contribution in [-0.2, 0) is 4.79 Å². The number of likely N-dealkylation sites (N-methyl/N-ethyl adjacent to an activating group) is 1. The zero-order valence-corrected chi connectivity index (χ0v) is 9.36. The summed E-state index contributed by atoms with van der Waals surface area (Å²) in [6.07, 6.45) is 0. The van der Waals surface area contributed by atoms with E-state index >= 15 is 0 Å². The van der Waals surface area contributed by atoms with Gasteiger partial charge in [-0.3, -0.25) is 4.79 Å². The first-order valence-corrected chi connectivity index (χ1v) is 4.80. The number of carbonyl (C=O) groups is 1. The Kier molecular flexibility index (Phi) is 3.80. The molecule has 2 N–H and O–H groups in total. The highest BCUT2D eigenvalue weighted by Gasteiger charge is 2.19. The van der Waals surface area contributed by atoms with Gasteiger partial charge in [-0.15, -0.1) is 0 Å². The van der Waals surface area contributed by atoms with Crippen molar-refractivity contribution >= 4 is 23.2 Å². The van der Waals surface area contributed by atoms with E-state index in [1.54, 1.807) is 31.2 Å². The summed E-state index contributed by atoms with van der Waals surface area (Å²) in [4.78, 5) is 12.5. The number of para-hydroxylation sites is 2. The van der Waals surface area contributed by atoms with E-state index in [2.05, 4.69) is 0 Å². The van der Waals surface area contributed by atoms with E-state index in [1.807, 2.05) is 12.1 Å². The van der Waals surface area contributed by atoms with Gasteiger partial charge in [0.05, 0.1) is 12.8 Å². The summed E-state index contributed by atoms with van der Waals surface area (Å²) in [6.45, 7) is 0. The maximum atomic E-state index is 10.9. The van der Waals surface area contributed by atoms with Gasteiger partial charge < -0.3 is 15.4 Å². The number of nitrogens with zero attached hydrogens (tertiary/aromatic N) is 1. The number of hydrogen-bond donors (Lipinski definition) is 1. The van der Waals surface area contributed by atoms with Crippen LogP contribution in [0, 0.1) is 0 Å². The van der Waals surface area contributed by atoms with Crippen molar-refractivity contribution in [2.45, 2.75) is 5.50 Å². The number of anilines is 1. The molecule has 82 valence electrons. The summed E-state index contributed by atoms with van der Waals surface area (Å²) in [5.41, 5.74) is 4.95. The third-order valence-corrected chi connectivity index (χ3v) is 2.55. The summed E-state index contributed by atoms with van der Waals surface area (Å²) < 4.78 is 5.14. The number of benzene rings is 1. The molecule has 0 aliphatic carbocycles. The zero-order chi connectivity index (χ0) is 11.4. The second-order valence-electron chi connectivity index (χ2n) is 3.02. The molecular formula is C10H13ClN2O2. The molecule has 0 bridgehead atoms. The number of nitrogens with two attached hydrogens (primary N) is 1. The second-order valence-corrected chi connectivity index (χ2v) is 3.43. The van der Waals surface area contributed by atoms with E-state index < -0.39 is 11.4 Å². The van der Waals surface area contributed by atoms with E-state index in [4.69, 9.17) is 22.1 Å². The Balaban J connectivity index is 2.99. The predicted octanol–water partition coefficient (Wildman–Crippen LogP) is 1.18. The summed E-state index contributed by atoms with van der Waals surface area (Å²) in [7, 11) is 3.24. The average Bonchev–Trinajstić information content (AvgIpc) is 2.26. The molecule has 0 spiro atoms. The lowest BCUT2D eigenvalue weighted by atomic mass is 10.2. The number of primary amides is 1. The quantitative estimate of drug-likeness (QED) is 0.622. The smallest absolute Gasteiger partial charge is 0.255 e. The van der Waals surface area contributed by atoms with Crippen LogP contribution in [0.5, 0.6) is 5.75 Å². The summed E-state index contributed by atoms with van der Waals surface area (Å²) in [6, 6.07) is 7.26. The van der Waals surface area contributed by atoms with Crippen molar-refractivity contribution in [3.63, 3.8) is 0 Å². The van der Waals surface area contributed by atoms with Crippen LogP contribution in [-0.4, -0.2) is 25.6 Å². The highest BCUT2D eigenvalue weighted by molar-refractivity contribution is 6.31. The largest absolute Gasteiger partial charge is 0.495 e. The zero-order valence-electron chi connectivity index (χ0n) is 8.61. The number of rotatable bonds is 4. The van der Waals surface area contributed by atoms with Gasteiger partial charge in [0.2, 0.25) is 0 Å². The fourth-order valence-corrected chi connectivity index (χ4v) is 1.34. The molecule has 0 aliphatic rings. The third-order valence-electron chi connectivity index (χ3n) is 2.04. The molecule has 1 rings (SSSR count). The molecule has 0 saturated heterocycles. The standard InChI is InChI=1S/C10H13ClN2O2/c1-13(9(11)10(12)14)7-5-3-4-6-8(7)15-2/h3-6,9H,1-2H3,(H2,12,14). The molecule has 1 amide bonds. The molecule has 15 heavy (non-hydrogen) atoms. The molecule has 0 radical (unpaired) electrons. The van der Waals surface area contributed by atoms with E-state index in [-0.39, 0.29) is 0 Å². The van der Waals surface area contributed by atoms with E-state index in [1.165, 1.54) is 0 Å². The molecule has 1 unspecified atom stereocenters. The fourth-order valence-electron chi connectivity index (χ4n) is 1.23. The number of ether oxygens (including phenoxy) is 1. The summed E-state index contributed by atoms with van der Waals surface area (Å²) in [5, 5.41) is 0. The molecule has 0 heterocycles. The molecule has 0 aliphatic heterocycles. The maximum absolute atomic E-state index is 10.9. The molecule has 5 heteroatoms. The van der Waals surface area contributed by atoms with Gasteiger partial charge in [-0.2, -0.15) is 0 Å². The van der Waals surface area contributed by atoms with Gasteiger partial charge >= 0.3 is 0 Å². The van der Waals surface area contributed by atoms with Crippen molar-refractivity contribution < 1.29 is 9.53 Å². The summed E-state index contributed by atoms with van der Waals surface area (Å²) in [5.74, 6) is 0.0528. The number of hydrogen-bond acceptors (Lipinski definition) is 3. The lowest BCUT2D eigenvalue weighted by Crippen LogP contribution is -2.38. The molecule has 0 fully saturated rings. The lowest BCUT2D eigenvalue weighted by molar-refractivity contribution is -0.117. The van der Waals surface area contributed by atoms with Crippen molar-refractivity contribution in [1.29, 1.82) is 0 Å². The SMILES string of the molecule is COc1ccccc1N(C)C(Cl)C(N)=O. The van der Waals surface area contributed by atoms with Crippen LogP contribution in [0.25, 0.3) is 0 Å². The van der Waals surface area contributed by atoms with Crippen molar-refractivity contribution in [3.05, 3.63) is 24.3 Å². The first kappa shape index (κ1) is 11.7. The average molecular weight is 229 g/mol. The Morgan fingerprint density at radius 1 is 1.53 bits per heavy atom. The minimum absolute atomic E-state index is 0.593. The third kappa shape index (κ3) is 2.53. The van der Waals surface area contributed by atoms with Gasteiger partial charge in [-0.25, -0.2) is 0 Å². The number of methoxy groups -OCH3 is 1. The molecule has 1 aromatic carbocycles. The lowest BCUT2D eigenvalue weighted by Gasteiger charge is -2.24. The van der Waals surface area contributed by atoms with Crippen LogP contribution in [0.4, 0.5) is 5.69 Å². The molecular weight excluding hydrogens is 216 g/mol. The maximum Gasteiger partial charge on any atom is 0.255 e. The van der Waals surface area contributed by atoms with Crippen LogP contribution in [0.2, 0.25) is 0 Å². The Labute approximate surface area is 93.6 Å². The highest BCUT2D eigenvalue weighted by Crippen LogP contribution is 2.28. The number of carbonyl (C=O) groups excluding carboxylic acids is 1. The van der Waals surface area contributed by atoms with E-state index in [0.717, 1.165) is 5.69 Å². The topological polar surface area (TPSA) is 55.6 Å². The van der Waals surface area contributed by atoms with Crippen LogP contribution < -0.4 is 15.4 Å². The minimum atomic E-state index is -0.888. The fraction of sp³-hybridized carbons (Fsp3) is 0.300. The monoisotopic (exact) mass is 228 g/mol. The molecule has 4 nitrogen and oxygen atoms in total. The predicted molar refractivity (Wildman–Crippen MR) is 60.2 cm³/mol. The van der Waals surface area contributed by atoms with Crippen LogP contribution in [0.3, 0.4) is 0 Å². The number of amides is 1. The normalized spacial score (nSPS) is 11.9. The molecule has 1 aromatic rings. The van der Waals surface area contributed by atoms with Gasteiger partial charge in [-0.1, -0.05) is 23.7 Å². The van der Waals surface area contributed by atoms with Gasteiger partial charge in [-0.05, 0) is 12.1 Å². The number of alkyl halides is 1. The Morgan fingerprint density at radius 2 is 2.13 bits per heavy atom. The van der Waals surface area contributed by atoms with Crippen LogP contribution in [0.15, 0.2) is 24.3 Å². The van der Waals surface area contributed by atoms with Crippen molar-refractivity contribution in [2.75, 3.05) is 19.1 Å². The molecule has 0 aromatic heterocycles. The van der Waals surface area contributed by atoms with Crippen molar-refractivity contribution in [2.24, 2.45) is 5.73 Å². The van der Waals surface area contributed by atoms with Crippen LogP contribution >= 0.6 is 11.6 Å². The Hall–Kier alpha value is -1.42.